The fourth-order valence-electron chi connectivity index (χ4n) is 3.15. The second kappa shape index (κ2) is 20.0. The SMILES string of the molecule is CCCCC[CH]N(CCCCCCCC)CCCCCCCC. The van der Waals surface area contributed by atoms with Crippen LogP contribution < -0.4 is 0 Å². The van der Waals surface area contributed by atoms with Gasteiger partial charge < -0.3 is 0 Å². The molecular weight excluding hydrogens is 278 g/mol. The van der Waals surface area contributed by atoms with Crippen LogP contribution in [0.25, 0.3) is 0 Å². The van der Waals surface area contributed by atoms with E-state index >= 15 is 0 Å². The van der Waals surface area contributed by atoms with Crippen molar-refractivity contribution in [2.75, 3.05) is 13.1 Å². The van der Waals surface area contributed by atoms with E-state index in [9.17, 15) is 0 Å². The summed E-state index contributed by atoms with van der Waals surface area (Å²) in [7, 11) is 0. The van der Waals surface area contributed by atoms with Crippen LogP contribution >= 0.6 is 0 Å². The molecule has 0 aliphatic rings. The molecule has 0 atom stereocenters. The van der Waals surface area contributed by atoms with Gasteiger partial charge in [0.1, 0.15) is 0 Å². The van der Waals surface area contributed by atoms with Crippen molar-refractivity contribution in [2.45, 2.75) is 124 Å². The van der Waals surface area contributed by atoms with Gasteiger partial charge in [-0.1, -0.05) is 104 Å². The molecule has 0 amide bonds. The molecule has 0 saturated heterocycles. The molecule has 1 nitrogen and oxygen atoms in total. The Bertz CT molecular complexity index is 186. The molecule has 139 valence electrons. The van der Waals surface area contributed by atoms with Crippen molar-refractivity contribution in [3.63, 3.8) is 0 Å². The van der Waals surface area contributed by atoms with Crippen LogP contribution in [0.3, 0.4) is 0 Å². The number of hydrogen-bond donors (Lipinski definition) is 0. The Balaban J connectivity index is 3.70. The Morgan fingerprint density at radius 3 is 1.35 bits per heavy atom. The molecule has 0 fully saturated rings. The molecule has 0 aliphatic carbocycles. The van der Waals surface area contributed by atoms with Crippen LogP contribution in [0.1, 0.15) is 124 Å². The van der Waals surface area contributed by atoms with Gasteiger partial charge in [-0.05, 0) is 32.4 Å². The van der Waals surface area contributed by atoms with Gasteiger partial charge in [0.2, 0.25) is 0 Å². The third kappa shape index (κ3) is 18.1. The van der Waals surface area contributed by atoms with Gasteiger partial charge in [-0.2, -0.15) is 0 Å². The third-order valence-electron chi connectivity index (χ3n) is 4.79. The van der Waals surface area contributed by atoms with Crippen molar-refractivity contribution in [3.8, 4) is 0 Å². The zero-order valence-electron chi connectivity index (χ0n) is 16.8. The Kier molecular flexibility index (Phi) is 20.0. The highest BCUT2D eigenvalue weighted by Crippen LogP contribution is 2.12. The minimum absolute atomic E-state index is 1.29. The molecule has 0 spiro atoms. The van der Waals surface area contributed by atoms with E-state index in [1.807, 2.05) is 0 Å². The van der Waals surface area contributed by atoms with E-state index in [1.54, 1.807) is 0 Å². The van der Waals surface area contributed by atoms with Gasteiger partial charge in [0, 0.05) is 6.54 Å². The lowest BCUT2D eigenvalue weighted by molar-refractivity contribution is 0.302. The fraction of sp³-hybridized carbons (Fsp3) is 0.955. The summed E-state index contributed by atoms with van der Waals surface area (Å²) in [6, 6.07) is 0. The van der Waals surface area contributed by atoms with E-state index in [-0.39, 0.29) is 0 Å². The molecule has 0 rings (SSSR count). The minimum Gasteiger partial charge on any atom is -0.299 e. The van der Waals surface area contributed by atoms with E-state index in [0.717, 1.165) is 0 Å². The first kappa shape index (κ1) is 23.0. The fourth-order valence-corrected chi connectivity index (χ4v) is 3.15. The predicted octanol–water partition coefficient (Wildman–Crippen LogP) is 7.75. The van der Waals surface area contributed by atoms with Gasteiger partial charge in [-0.25, -0.2) is 0 Å². The van der Waals surface area contributed by atoms with E-state index < -0.39 is 0 Å². The summed E-state index contributed by atoms with van der Waals surface area (Å²) in [5, 5.41) is 0. The molecule has 0 heterocycles. The van der Waals surface area contributed by atoms with Gasteiger partial charge >= 0.3 is 0 Å². The number of nitrogens with zero attached hydrogens (tertiary/aromatic N) is 1. The van der Waals surface area contributed by atoms with E-state index in [0.29, 0.717) is 0 Å². The zero-order valence-corrected chi connectivity index (χ0v) is 16.8. The first-order valence-electron chi connectivity index (χ1n) is 10.9. The average Bonchev–Trinajstić information content (AvgIpc) is 2.57. The first-order valence-corrected chi connectivity index (χ1v) is 10.9. The average molecular weight is 325 g/mol. The Morgan fingerprint density at radius 1 is 0.478 bits per heavy atom. The van der Waals surface area contributed by atoms with Gasteiger partial charge in [-0.15, -0.1) is 0 Å². The molecule has 0 aromatic carbocycles. The molecular formula is C22H46N. The number of hydrogen-bond acceptors (Lipinski definition) is 1. The molecule has 23 heavy (non-hydrogen) atoms. The Hall–Kier alpha value is -0.0400. The molecule has 1 radical (unpaired) electrons. The molecule has 1 heteroatoms. The van der Waals surface area contributed by atoms with Crippen LogP contribution in [0, 0.1) is 6.54 Å². The maximum Gasteiger partial charge on any atom is 0.0251 e. The lowest BCUT2D eigenvalue weighted by Gasteiger charge is -2.22. The van der Waals surface area contributed by atoms with E-state index in [2.05, 4.69) is 32.2 Å². The highest BCUT2D eigenvalue weighted by molar-refractivity contribution is 4.69. The van der Waals surface area contributed by atoms with Crippen molar-refractivity contribution in [3.05, 3.63) is 6.54 Å². The molecule has 0 aromatic rings. The molecule has 0 N–H and O–H groups in total. The molecule has 0 aromatic heterocycles. The summed E-state index contributed by atoms with van der Waals surface area (Å²) in [4.78, 5) is 2.65. The van der Waals surface area contributed by atoms with E-state index in [1.165, 1.54) is 116 Å². The number of rotatable bonds is 19. The first-order chi connectivity index (χ1) is 11.3. The van der Waals surface area contributed by atoms with Crippen LogP contribution in [0.2, 0.25) is 0 Å². The third-order valence-corrected chi connectivity index (χ3v) is 4.79. The lowest BCUT2D eigenvalue weighted by atomic mass is 10.1. The summed E-state index contributed by atoms with van der Waals surface area (Å²) >= 11 is 0. The van der Waals surface area contributed by atoms with Crippen molar-refractivity contribution >= 4 is 0 Å². The lowest BCUT2D eigenvalue weighted by Crippen LogP contribution is -2.23. The highest BCUT2D eigenvalue weighted by Gasteiger charge is 2.05. The maximum atomic E-state index is 2.65. The summed E-state index contributed by atoms with van der Waals surface area (Å²) < 4.78 is 0. The molecule has 0 aliphatic heterocycles. The summed E-state index contributed by atoms with van der Waals surface area (Å²) in [5.41, 5.74) is 0. The van der Waals surface area contributed by atoms with Crippen LogP contribution in [0.5, 0.6) is 0 Å². The largest absolute Gasteiger partial charge is 0.299 e. The Labute approximate surface area is 148 Å². The van der Waals surface area contributed by atoms with Crippen LogP contribution in [-0.2, 0) is 0 Å². The topological polar surface area (TPSA) is 3.24 Å². The molecule has 0 bridgehead atoms. The van der Waals surface area contributed by atoms with Crippen LogP contribution in [-0.4, -0.2) is 18.0 Å². The van der Waals surface area contributed by atoms with Crippen molar-refractivity contribution in [1.29, 1.82) is 0 Å². The summed E-state index contributed by atoms with van der Waals surface area (Å²) in [6.45, 7) is 12.0. The summed E-state index contributed by atoms with van der Waals surface area (Å²) in [6.07, 6.45) is 22.3. The second-order valence-corrected chi connectivity index (χ2v) is 7.25. The number of unbranched alkanes of at least 4 members (excludes halogenated alkanes) is 13. The standard InChI is InChI=1S/C22H46N/c1-4-7-10-13-15-18-21-23(20-17-12-9-6-3)22-19-16-14-11-8-5-2/h20H,4-19,21-22H2,1-3H3. The van der Waals surface area contributed by atoms with Crippen LogP contribution in [0.15, 0.2) is 0 Å². The van der Waals surface area contributed by atoms with Gasteiger partial charge in [-0.3, -0.25) is 4.90 Å². The molecule has 0 unspecified atom stereocenters. The highest BCUT2D eigenvalue weighted by atomic mass is 15.1. The van der Waals surface area contributed by atoms with Crippen LogP contribution in [0.4, 0.5) is 0 Å². The monoisotopic (exact) mass is 324 g/mol. The van der Waals surface area contributed by atoms with Gasteiger partial charge in [0.05, 0.1) is 0 Å². The van der Waals surface area contributed by atoms with Gasteiger partial charge in [0.25, 0.3) is 0 Å². The molecule has 0 saturated carbocycles. The normalized spacial score (nSPS) is 11.5. The smallest absolute Gasteiger partial charge is 0.0251 e. The van der Waals surface area contributed by atoms with Gasteiger partial charge in [0.15, 0.2) is 0 Å². The maximum absolute atomic E-state index is 2.65. The van der Waals surface area contributed by atoms with E-state index in [4.69, 9.17) is 0 Å². The van der Waals surface area contributed by atoms with Crippen molar-refractivity contribution in [1.82, 2.24) is 4.90 Å². The second-order valence-electron chi connectivity index (χ2n) is 7.25. The summed E-state index contributed by atoms with van der Waals surface area (Å²) in [5.74, 6) is 0. The quantitative estimate of drug-likeness (QED) is 0.219. The van der Waals surface area contributed by atoms with Crippen molar-refractivity contribution < 1.29 is 0 Å². The zero-order chi connectivity index (χ0) is 17.0. The Morgan fingerprint density at radius 2 is 0.870 bits per heavy atom. The van der Waals surface area contributed by atoms with Crippen molar-refractivity contribution in [2.24, 2.45) is 0 Å². The minimum atomic E-state index is 1.29. The predicted molar refractivity (Wildman–Crippen MR) is 107 cm³/mol.